The molecule has 1 atom stereocenters. The summed E-state index contributed by atoms with van der Waals surface area (Å²) in [6, 6.07) is 9.51. The lowest BCUT2D eigenvalue weighted by Gasteiger charge is -2.33. The van der Waals surface area contributed by atoms with Gasteiger partial charge in [0.05, 0.1) is 41.8 Å². The van der Waals surface area contributed by atoms with Crippen LogP contribution in [0.3, 0.4) is 0 Å². The predicted molar refractivity (Wildman–Crippen MR) is 175 cm³/mol. The Labute approximate surface area is 269 Å². The van der Waals surface area contributed by atoms with E-state index in [0.29, 0.717) is 42.3 Å². The number of nitrogens with zero attached hydrogens (tertiary/aromatic N) is 6. The second kappa shape index (κ2) is 13.1. The number of carbonyl (C=O) groups is 1. The van der Waals surface area contributed by atoms with Crippen LogP contribution >= 0.6 is 11.3 Å². The van der Waals surface area contributed by atoms with Crippen molar-refractivity contribution in [2.45, 2.75) is 26.1 Å². The summed E-state index contributed by atoms with van der Waals surface area (Å²) in [6.45, 7) is 7.52. The first kappa shape index (κ1) is 31.5. The molecule has 46 heavy (non-hydrogen) atoms. The van der Waals surface area contributed by atoms with Gasteiger partial charge in [-0.15, -0.1) is 11.3 Å². The zero-order valence-corrected chi connectivity index (χ0v) is 26.9. The summed E-state index contributed by atoms with van der Waals surface area (Å²) >= 11 is 1.42. The Morgan fingerprint density at radius 1 is 1.13 bits per heavy atom. The topological polar surface area (TPSA) is 85.6 Å². The molecule has 238 valence electrons. The molecule has 1 aliphatic heterocycles. The van der Waals surface area contributed by atoms with Crippen LogP contribution in [-0.2, 0) is 22.6 Å². The molecule has 0 N–H and O–H groups in total. The Kier molecular flexibility index (Phi) is 8.94. The van der Waals surface area contributed by atoms with Crippen LogP contribution in [0.15, 0.2) is 60.6 Å². The molecule has 1 amide bonds. The molecule has 1 aromatic carbocycles. The van der Waals surface area contributed by atoms with E-state index >= 15 is 4.39 Å². The summed E-state index contributed by atoms with van der Waals surface area (Å²) in [5, 5.41) is 7.63. The molecule has 1 aliphatic rings. The Morgan fingerprint density at radius 2 is 1.96 bits per heavy atom. The van der Waals surface area contributed by atoms with Crippen LogP contribution in [-0.4, -0.2) is 76.4 Å². The monoisotopic (exact) mass is 644 g/mol. The van der Waals surface area contributed by atoms with Gasteiger partial charge < -0.3 is 19.3 Å². The van der Waals surface area contributed by atoms with Crippen molar-refractivity contribution in [3.05, 3.63) is 83.7 Å². The first-order valence-corrected chi connectivity index (χ1v) is 15.7. The highest BCUT2D eigenvalue weighted by atomic mass is 32.1. The highest BCUT2D eigenvalue weighted by Gasteiger charge is 2.31. The standard InChI is InChI=1S/C34H34F2N6O3S/c1-6-29(43)41-10-11-42-27(20(41)2)17-26(39-42)33-31(30-25(36)15-22(35)16-28(30)45-13-12-44-5)34-24(9-14-46-34)32(38-33)21-7-8-23(37-18-21)19-40(3)4/h6-9,14-18,20H,1,10-13,19H2,2-5H3/t20-/m1/s1. The average molecular weight is 645 g/mol. The third-order valence-corrected chi connectivity index (χ3v) is 8.89. The largest absolute Gasteiger partial charge is 0.490 e. The highest BCUT2D eigenvalue weighted by Crippen LogP contribution is 2.47. The van der Waals surface area contributed by atoms with E-state index in [0.717, 1.165) is 33.1 Å². The molecular formula is C34H34F2N6O3S. The third-order valence-electron chi connectivity index (χ3n) is 7.96. The van der Waals surface area contributed by atoms with Gasteiger partial charge in [-0.25, -0.2) is 13.8 Å². The van der Waals surface area contributed by atoms with Crippen LogP contribution < -0.4 is 4.74 Å². The average Bonchev–Trinajstić information content (AvgIpc) is 3.69. The van der Waals surface area contributed by atoms with Gasteiger partial charge in [-0.05, 0) is 56.7 Å². The molecule has 5 heterocycles. The number of benzene rings is 1. The Morgan fingerprint density at radius 3 is 2.67 bits per heavy atom. The van der Waals surface area contributed by atoms with Crippen molar-refractivity contribution in [1.29, 1.82) is 0 Å². The van der Waals surface area contributed by atoms with Crippen molar-refractivity contribution >= 4 is 27.3 Å². The molecule has 4 aromatic heterocycles. The van der Waals surface area contributed by atoms with E-state index < -0.39 is 11.6 Å². The lowest BCUT2D eigenvalue weighted by Crippen LogP contribution is -2.40. The van der Waals surface area contributed by atoms with Crippen molar-refractivity contribution < 1.29 is 23.0 Å². The maximum absolute atomic E-state index is 16.0. The third kappa shape index (κ3) is 5.91. The molecule has 6 rings (SSSR count). The van der Waals surface area contributed by atoms with Crippen molar-refractivity contribution in [1.82, 2.24) is 29.5 Å². The number of hydrogen-bond donors (Lipinski definition) is 0. The minimum absolute atomic E-state index is 0.0369. The second-order valence-electron chi connectivity index (χ2n) is 11.3. The van der Waals surface area contributed by atoms with E-state index in [-0.39, 0.29) is 36.5 Å². The molecule has 0 saturated heterocycles. The maximum Gasteiger partial charge on any atom is 0.246 e. The molecule has 5 aromatic rings. The first-order chi connectivity index (χ1) is 22.2. The van der Waals surface area contributed by atoms with Crippen LogP contribution in [0.25, 0.3) is 43.9 Å². The first-order valence-electron chi connectivity index (χ1n) is 14.8. The van der Waals surface area contributed by atoms with Gasteiger partial charge in [-0.3, -0.25) is 14.5 Å². The van der Waals surface area contributed by atoms with Gasteiger partial charge in [0.1, 0.15) is 35.4 Å². The van der Waals surface area contributed by atoms with Gasteiger partial charge in [-0.2, -0.15) is 5.10 Å². The minimum atomic E-state index is -0.785. The summed E-state index contributed by atoms with van der Waals surface area (Å²) in [4.78, 5) is 26.2. The number of pyridine rings is 2. The van der Waals surface area contributed by atoms with Gasteiger partial charge in [0.2, 0.25) is 5.91 Å². The Hall–Kier alpha value is -4.52. The van der Waals surface area contributed by atoms with Crippen molar-refractivity contribution in [2.24, 2.45) is 0 Å². The zero-order chi connectivity index (χ0) is 32.5. The molecule has 12 heteroatoms. The van der Waals surface area contributed by atoms with E-state index in [1.54, 1.807) is 11.1 Å². The van der Waals surface area contributed by atoms with E-state index in [9.17, 15) is 9.18 Å². The van der Waals surface area contributed by atoms with Crippen molar-refractivity contribution in [2.75, 3.05) is 41.0 Å². The molecule has 0 fully saturated rings. The smallest absolute Gasteiger partial charge is 0.246 e. The summed E-state index contributed by atoms with van der Waals surface area (Å²) in [6.07, 6.45) is 3.10. The van der Waals surface area contributed by atoms with Gasteiger partial charge in [-0.1, -0.05) is 6.58 Å². The number of ether oxygens (including phenoxy) is 2. The molecule has 9 nitrogen and oxygen atoms in total. The van der Waals surface area contributed by atoms with Crippen LogP contribution in [0.2, 0.25) is 0 Å². The van der Waals surface area contributed by atoms with Gasteiger partial charge in [0, 0.05) is 59.7 Å². The number of methoxy groups -OCH3 is 1. The Bertz CT molecular complexity index is 1920. The Balaban J connectivity index is 1.60. The molecule has 0 bridgehead atoms. The number of amides is 1. The van der Waals surface area contributed by atoms with Crippen molar-refractivity contribution in [3.63, 3.8) is 0 Å². The van der Waals surface area contributed by atoms with E-state index in [1.165, 1.54) is 30.6 Å². The number of aromatic nitrogens is 4. The summed E-state index contributed by atoms with van der Waals surface area (Å²) in [5.41, 5.74) is 4.58. The van der Waals surface area contributed by atoms with Gasteiger partial charge in [0.25, 0.3) is 0 Å². The molecular weight excluding hydrogens is 610 g/mol. The molecule has 0 radical (unpaired) electrons. The number of hydrogen-bond acceptors (Lipinski definition) is 8. The van der Waals surface area contributed by atoms with E-state index in [4.69, 9.17) is 19.6 Å². The van der Waals surface area contributed by atoms with Gasteiger partial charge >= 0.3 is 0 Å². The van der Waals surface area contributed by atoms with E-state index in [2.05, 4.69) is 11.6 Å². The lowest BCUT2D eigenvalue weighted by molar-refractivity contribution is -0.129. The SMILES string of the molecule is C=CC(=O)N1CCn2nc(-c3nc(-c4ccc(CN(C)C)nc4)c4ccsc4c3-c3c(F)cc(F)cc3OCCOC)cc2[C@H]1C. The summed E-state index contributed by atoms with van der Waals surface area (Å²) in [5.74, 6) is -1.68. The van der Waals surface area contributed by atoms with Crippen LogP contribution in [0, 0.1) is 11.6 Å². The number of thiophene rings is 1. The summed E-state index contributed by atoms with van der Waals surface area (Å²) in [7, 11) is 5.49. The number of halogens is 2. The lowest BCUT2D eigenvalue weighted by atomic mass is 9.96. The van der Waals surface area contributed by atoms with Gasteiger partial charge in [0.15, 0.2) is 0 Å². The summed E-state index contributed by atoms with van der Waals surface area (Å²) < 4.78 is 44.2. The predicted octanol–water partition coefficient (Wildman–Crippen LogP) is 6.34. The number of fused-ring (bicyclic) bond motifs is 2. The van der Waals surface area contributed by atoms with Crippen LogP contribution in [0.4, 0.5) is 8.78 Å². The quantitative estimate of drug-likeness (QED) is 0.130. The maximum atomic E-state index is 16.0. The highest BCUT2D eigenvalue weighted by molar-refractivity contribution is 7.18. The number of rotatable bonds is 10. The molecule has 0 spiro atoms. The second-order valence-corrected chi connectivity index (χ2v) is 12.2. The minimum Gasteiger partial charge on any atom is -0.490 e. The van der Waals surface area contributed by atoms with E-state index in [1.807, 2.05) is 60.2 Å². The fraction of sp³-hybridized carbons (Fsp3) is 0.294. The number of carbonyl (C=O) groups excluding carboxylic acids is 1. The van der Waals surface area contributed by atoms with Crippen LogP contribution in [0.5, 0.6) is 5.75 Å². The van der Waals surface area contributed by atoms with Crippen LogP contribution in [0.1, 0.15) is 24.4 Å². The normalized spacial score (nSPS) is 14.6. The molecule has 0 saturated carbocycles. The zero-order valence-electron chi connectivity index (χ0n) is 26.1. The van der Waals surface area contributed by atoms with Crippen molar-refractivity contribution in [3.8, 4) is 39.5 Å². The fourth-order valence-corrected chi connectivity index (χ4v) is 6.77. The fourth-order valence-electron chi connectivity index (χ4n) is 5.82. The molecule has 0 unspecified atom stereocenters. The molecule has 0 aliphatic carbocycles.